The summed E-state index contributed by atoms with van der Waals surface area (Å²) >= 11 is 0. The quantitative estimate of drug-likeness (QED) is 0.808. The zero-order chi connectivity index (χ0) is 11.6. The molecular formula is C10H10F2O3. The van der Waals surface area contributed by atoms with E-state index in [-0.39, 0.29) is 0 Å². The fraction of sp³-hybridized carbons (Fsp3) is 0.300. The van der Waals surface area contributed by atoms with Crippen molar-refractivity contribution in [3.8, 4) is 0 Å². The highest BCUT2D eigenvalue weighted by atomic mass is 19.1. The first kappa shape index (κ1) is 11.6. The Balaban J connectivity index is 3.10. The Morgan fingerprint density at radius 2 is 1.80 bits per heavy atom. The van der Waals surface area contributed by atoms with Crippen molar-refractivity contribution < 1.29 is 23.8 Å². The lowest BCUT2D eigenvalue weighted by Crippen LogP contribution is -2.20. The molecule has 15 heavy (non-hydrogen) atoms. The van der Waals surface area contributed by atoms with E-state index in [0.717, 1.165) is 18.2 Å². The van der Waals surface area contributed by atoms with Gasteiger partial charge in [0.1, 0.15) is 11.6 Å². The van der Waals surface area contributed by atoms with Crippen LogP contribution < -0.4 is 0 Å². The summed E-state index contributed by atoms with van der Waals surface area (Å²) in [5.74, 6) is -4.48. The Morgan fingerprint density at radius 1 is 1.33 bits per heavy atom. The van der Waals surface area contributed by atoms with Crippen molar-refractivity contribution in [3.05, 3.63) is 35.4 Å². The Labute approximate surface area is 85.0 Å². The number of carboxylic acids is 1. The molecule has 0 radical (unpaired) electrons. The molecule has 0 aromatic heterocycles. The van der Waals surface area contributed by atoms with Crippen LogP contribution in [0.5, 0.6) is 0 Å². The maximum atomic E-state index is 13.1. The van der Waals surface area contributed by atoms with Gasteiger partial charge in [0.15, 0.2) is 0 Å². The van der Waals surface area contributed by atoms with E-state index < -0.39 is 35.2 Å². The van der Waals surface area contributed by atoms with Gasteiger partial charge in [-0.15, -0.1) is 0 Å². The topological polar surface area (TPSA) is 57.5 Å². The van der Waals surface area contributed by atoms with Gasteiger partial charge in [0.25, 0.3) is 0 Å². The van der Waals surface area contributed by atoms with Crippen molar-refractivity contribution in [2.75, 3.05) is 0 Å². The van der Waals surface area contributed by atoms with Crippen LogP contribution in [0.3, 0.4) is 0 Å². The minimum absolute atomic E-state index is 0.604. The summed E-state index contributed by atoms with van der Waals surface area (Å²) in [6.45, 7) is 1.18. The highest BCUT2D eigenvalue weighted by Crippen LogP contribution is 2.26. The second-order valence-electron chi connectivity index (χ2n) is 3.21. The van der Waals surface area contributed by atoms with Crippen molar-refractivity contribution in [2.45, 2.75) is 13.0 Å². The molecule has 0 aliphatic rings. The predicted molar refractivity (Wildman–Crippen MR) is 48.1 cm³/mol. The summed E-state index contributed by atoms with van der Waals surface area (Å²) in [4.78, 5) is 10.5. The lowest BCUT2D eigenvalue weighted by molar-refractivity contribution is -0.145. The van der Waals surface area contributed by atoms with Gasteiger partial charge >= 0.3 is 5.97 Å². The normalized spacial score (nSPS) is 14.7. The second-order valence-corrected chi connectivity index (χ2v) is 3.21. The second kappa shape index (κ2) is 4.35. The molecule has 2 atom stereocenters. The van der Waals surface area contributed by atoms with Crippen LogP contribution in [0, 0.1) is 17.6 Å². The summed E-state index contributed by atoms with van der Waals surface area (Å²) in [5.41, 5.74) is -0.604. The van der Waals surface area contributed by atoms with Crippen LogP contribution in [0.2, 0.25) is 0 Å². The first-order valence-corrected chi connectivity index (χ1v) is 4.30. The monoisotopic (exact) mass is 216 g/mol. The largest absolute Gasteiger partial charge is 0.481 e. The molecule has 2 N–H and O–H groups in total. The van der Waals surface area contributed by atoms with Crippen LogP contribution >= 0.6 is 0 Å². The van der Waals surface area contributed by atoms with Gasteiger partial charge in [0.05, 0.1) is 17.6 Å². The molecule has 0 aliphatic heterocycles. The number of carbonyl (C=O) groups is 1. The summed E-state index contributed by atoms with van der Waals surface area (Å²) in [5, 5.41) is 18.1. The smallest absolute Gasteiger partial charge is 0.309 e. The van der Waals surface area contributed by atoms with Gasteiger partial charge in [-0.05, 0) is 19.1 Å². The van der Waals surface area contributed by atoms with Gasteiger partial charge < -0.3 is 10.2 Å². The molecule has 0 aliphatic carbocycles. The van der Waals surface area contributed by atoms with Gasteiger partial charge in [-0.1, -0.05) is 6.07 Å². The molecule has 0 fully saturated rings. The minimum atomic E-state index is -1.69. The van der Waals surface area contributed by atoms with E-state index in [4.69, 9.17) is 5.11 Å². The van der Waals surface area contributed by atoms with E-state index in [1.54, 1.807) is 0 Å². The van der Waals surface area contributed by atoms with Gasteiger partial charge in [-0.25, -0.2) is 8.78 Å². The Bertz CT molecular complexity index is 359. The summed E-state index contributed by atoms with van der Waals surface area (Å²) in [6.07, 6.45) is -1.69. The summed E-state index contributed by atoms with van der Waals surface area (Å²) in [6, 6.07) is 3.08. The van der Waals surface area contributed by atoms with E-state index in [9.17, 15) is 18.7 Å². The summed E-state index contributed by atoms with van der Waals surface area (Å²) in [7, 11) is 0. The number of aliphatic hydroxyl groups is 1. The highest BCUT2D eigenvalue weighted by molar-refractivity contribution is 5.70. The van der Waals surface area contributed by atoms with Crippen LogP contribution in [-0.4, -0.2) is 16.2 Å². The molecule has 3 nitrogen and oxygen atoms in total. The molecule has 1 aromatic carbocycles. The van der Waals surface area contributed by atoms with Crippen LogP contribution in [0.4, 0.5) is 8.78 Å². The molecule has 82 valence electrons. The van der Waals surface area contributed by atoms with E-state index in [0.29, 0.717) is 0 Å². The number of aliphatic carboxylic acids is 1. The minimum Gasteiger partial charge on any atom is -0.481 e. The van der Waals surface area contributed by atoms with Crippen molar-refractivity contribution in [1.82, 2.24) is 0 Å². The van der Waals surface area contributed by atoms with Crippen molar-refractivity contribution in [2.24, 2.45) is 5.92 Å². The third kappa shape index (κ3) is 2.30. The maximum absolute atomic E-state index is 13.1. The molecule has 0 amide bonds. The third-order valence-electron chi connectivity index (χ3n) is 2.16. The zero-order valence-electron chi connectivity index (χ0n) is 7.95. The van der Waals surface area contributed by atoms with Crippen LogP contribution in [0.15, 0.2) is 18.2 Å². The third-order valence-corrected chi connectivity index (χ3v) is 2.16. The lowest BCUT2D eigenvalue weighted by atomic mass is 9.97. The molecule has 0 heterocycles. The van der Waals surface area contributed by atoms with Crippen LogP contribution in [0.1, 0.15) is 18.6 Å². The number of rotatable bonds is 3. The molecule has 1 aromatic rings. The number of halogens is 2. The standard InChI is InChI=1S/C10H10F2O3/c1-5(10(14)15)9(13)8-6(11)3-2-4-7(8)12/h2-5,9,13H,1H3,(H,14,15). The Hall–Kier alpha value is -1.49. The Morgan fingerprint density at radius 3 is 2.20 bits per heavy atom. The summed E-state index contributed by atoms with van der Waals surface area (Å²) < 4.78 is 26.3. The first-order chi connectivity index (χ1) is 6.95. The molecule has 0 saturated heterocycles. The zero-order valence-corrected chi connectivity index (χ0v) is 7.95. The van der Waals surface area contributed by atoms with Crippen LogP contribution in [0.25, 0.3) is 0 Å². The van der Waals surface area contributed by atoms with Gasteiger partial charge in [-0.2, -0.15) is 0 Å². The van der Waals surface area contributed by atoms with Gasteiger partial charge in [-0.3, -0.25) is 4.79 Å². The number of hydrogen-bond donors (Lipinski definition) is 2. The maximum Gasteiger partial charge on any atom is 0.309 e. The average Bonchev–Trinajstić information content (AvgIpc) is 2.15. The van der Waals surface area contributed by atoms with Crippen molar-refractivity contribution >= 4 is 5.97 Å². The SMILES string of the molecule is CC(C(=O)O)C(O)c1c(F)cccc1F. The highest BCUT2D eigenvalue weighted by Gasteiger charge is 2.27. The molecule has 0 spiro atoms. The number of benzene rings is 1. The molecular weight excluding hydrogens is 206 g/mol. The number of carboxylic acid groups (broad SMARTS) is 1. The lowest BCUT2D eigenvalue weighted by Gasteiger charge is -2.16. The van der Waals surface area contributed by atoms with E-state index in [1.807, 2.05) is 0 Å². The van der Waals surface area contributed by atoms with E-state index in [1.165, 1.54) is 6.92 Å². The Kier molecular flexibility index (Phi) is 3.36. The average molecular weight is 216 g/mol. The van der Waals surface area contributed by atoms with E-state index >= 15 is 0 Å². The molecule has 2 unspecified atom stereocenters. The molecule has 0 bridgehead atoms. The number of hydrogen-bond acceptors (Lipinski definition) is 2. The van der Waals surface area contributed by atoms with E-state index in [2.05, 4.69) is 0 Å². The van der Waals surface area contributed by atoms with Crippen LogP contribution in [-0.2, 0) is 4.79 Å². The van der Waals surface area contributed by atoms with Crippen molar-refractivity contribution in [1.29, 1.82) is 0 Å². The van der Waals surface area contributed by atoms with Gasteiger partial charge in [0, 0.05) is 0 Å². The predicted octanol–water partition coefficient (Wildman–Crippen LogP) is 1.72. The fourth-order valence-corrected chi connectivity index (χ4v) is 1.18. The van der Waals surface area contributed by atoms with Crippen molar-refractivity contribution in [3.63, 3.8) is 0 Å². The van der Waals surface area contributed by atoms with Gasteiger partial charge in [0.2, 0.25) is 0 Å². The molecule has 5 heteroatoms. The fourth-order valence-electron chi connectivity index (χ4n) is 1.18. The molecule has 0 saturated carbocycles. The molecule has 1 rings (SSSR count). The first-order valence-electron chi connectivity index (χ1n) is 4.30. The number of aliphatic hydroxyl groups excluding tert-OH is 1.